The standard InChI is InChI=1S/C27H34N4O4/c1-4-18(2)29-21-15-22-23(30-26(32)20-12-14-35-17-20)24(27(33)34-3)31(25(22)28-16-21)13-8-11-19-9-6-5-7-10-19/h5-7,9-10,15-16,18,20,29H,4,8,11-14,17H2,1-3H3,(H,30,32)/t18-,20-/m1/s1. The molecule has 1 amide bonds. The molecule has 0 radical (unpaired) electrons. The average Bonchev–Trinajstić information content (AvgIpc) is 3.52. The maximum Gasteiger partial charge on any atom is 0.356 e. The van der Waals surface area contributed by atoms with Crippen molar-refractivity contribution in [2.45, 2.75) is 52.1 Å². The number of nitrogens with zero attached hydrogens (tertiary/aromatic N) is 2. The first kappa shape index (κ1) is 24.7. The van der Waals surface area contributed by atoms with Gasteiger partial charge in [0.1, 0.15) is 5.65 Å². The van der Waals surface area contributed by atoms with Gasteiger partial charge in [0, 0.05) is 24.6 Å². The number of amides is 1. The summed E-state index contributed by atoms with van der Waals surface area (Å²) < 4.78 is 12.4. The Kier molecular flexibility index (Phi) is 8.02. The lowest BCUT2D eigenvalue weighted by atomic mass is 10.1. The molecule has 0 aliphatic carbocycles. The Balaban J connectivity index is 1.74. The summed E-state index contributed by atoms with van der Waals surface area (Å²) in [5, 5.41) is 7.17. The largest absolute Gasteiger partial charge is 0.464 e. The first-order chi connectivity index (χ1) is 17.0. The molecule has 186 valence electrons. The number of ether oxygens (including phenoxy) is 2. The van der Waals surface area contributed by atoms with Gasteiger partial charge in [-0.25, -0.2) is 9.78 Å². The number of anilines is 2. The Morgan fingerprint density at radius 3 is 2.77 bits per heavy atom. The Bertz CT molecular complexity index is 1170. The van der Waals surface area contributed by atoms with Gasteiger partial charge < -0.3 is 24.7 Å². The lowest BCUT2D eigenvalue weighted by Crippen LogP contribution is -2.24. The summed E-state index contributed by atoms with van der Waals surface area (Å²) in [7, 11) is 1.36. The topological polar surface area (TPSA) is 94.5 Å². The molecule has 8 heteroatoms. The van der Waals surface area contributed by atoms with Crippen molar-refractivity contribution in [2.24, 2.45) is 5.92 Å². The number of carbonyl (C=O) groups is 2. The molecule has 4 rings (SSSR count). The fourth-order valence-corrected chi connectivity index (χ4v) is 4.40. The number of aryl methyl sites for hydroxylation is 2. The van der Waals surface area contributed by atoms with Gasteiger partial charge >= 0.3 is 5.97 Å². The third-order valence-electron chi connectivity index (χ3n) is 6.54. The predicted octanol–water partition coefficient (Wildman–Crippen LogP) is 4.64. The monoisotopic (exact) mass is 478 g/mol. The predicted molar refractivity (Wildman–Crippen MR) is 137 cm³/mol. The number of methoxy groups -OCH3 is 1. The number of aromatic nitrogens is 2. The molecule has 0 saturated carbocycles. The highest BCUT2D eigenvalue weighted by molar-refractivity contribution is 6.11. The van der Waals surface area contributed by atoms with Crippen molar-refractivity contribution < 1.29 is 19.1 Å². The third-order valence-corrected chi connectivity index (χ3v) is 6.54. The lowest BCUT2D eigenvalue weighted by molar-refractivity contribution is -0.119. The van der Waals surface area contributed by atoms with Gasteiger partial charge in [-0.1, -0.05) is 37.3 Å². The van der Waals surface area contributed by atoms with Crippen LogP contribution in [-0.2, 0) is 27.2 Å². The molecule has 1 aliphatic rings. The van der Waals surface area contributed by atoms with Gasteiger partial charge in [0.2, 0.25) is 5.91 Å². The van der Waals surface area contributed by atoms with E-state index < -0.39 is 5.97 Å². The average molecular weight is 479 g/mol. The van der Waals surface area contributed by atoms with Crippen molar-refractivity contribution in [2.75, 3.05) is 31.0 Å². The molecular formula is C27H34N4O4. The number of benzene rings is 1. The normalized spacial score (nSPS) is 16.3. The second-order valence-electron chi connectivity index (χ2n) is 9.05. The zero-order valence-corrected chi connectivity index (χ0v) is 20.7. The molecule has 1 saturated heterocycles. The highest BCUT2D eigenvalue weighted by Gasteiger charge is 2.29. The van der Waals surface area contributed by atoms with Crippen molar-refractivity contribution in [1.82, 2.24) is 9.55 Å². The van der Waals surface area contributed by atoms with Crippen LogP contribution in [0.2, 0.25) is 0 Å². The van der Waals surface area contributed by atoms with Crippen molar-refractivity contribution in [1.29, 1.82) is 0 Å². The molecule has 1 fully saturated rings. The zero-order chi connectivity index (χ0) is 24.8. The maximum absolute atomic E-state index is 13.1. The van der Waals surface area contributed by atoms with Crippen LogP contribution in [0.25, 0.3) is 11.0 Å². The van der Waals surface area contributed by atoms with Crippen molar-refractivity contribution in [3.05, 3.63) is 53.9 Å². The summed E-state index contributed by atoms with van der Waals surface area (Å²) >= 11 is 0. The number of nitrogens with one attached hydrogen (secondary N) is 2. The summed E-state index contributed by atoms with van der Waals surface area (Å²) in [6, 6.07) is 12.4. The summed E-state index contributed by atoms with van der Waals surface area (Å²) in [6.45, 7) is 5.71. The minimum Gasteiger partial charge on any atom is -0.464 e. The molecule has 8 nitrogen and oxygen atoms in total. The Morgan fingerprint density at radius 1 is 1.29 bits per heavy atom. The number of pyridine rings is 1. The van der Waals surface area contributed by atoms with E-state index in [4.69, 9.17) is 14.5 Å². The van der Waals surface area contributed by atoms with Gasteiger partial charge in [-0.05, 0) is 44.2 Å². The first-order valence-corrected chi connectivity index (χ1v) is 12.3. The maximum atomic E-state index is 13.1. The molecule has 3 aromatic rings. The van der Waals surface area contributed by atoms with Crippen molar-refractivity contribution >= 4 is 34.3 Å². The first-order valence-electron chi connectivity index (χ1n) is 12.3. The lowest BCUT2D eigenvalue weighted by Gasteiger charge is -2.13. The summed E-state index contributed by atoms with van der Waals surface area (Å²) in [6.07, 6.45) is 5.05. The fraction of sp³-hybridized carbons (Fsp3) is 0.444. The summed E-state index contributed by atoms with van der Waals surface area (Å²) in [5.74, 6) is -0.903. The summed E-state index contributed by atoms with van der Waals surface area (Å²) in [4.78, 5) is 30.8. The van der Waals surface area contributed by atoms with E-state index in [0.717, 1.165) is 24.9 Å². The molecule has 2 N–H and O–H groups in total. The minimum absolute atomic E-state index is 0.156. The molecule has 0 spiro atoms. The van der Waals surface area contributed by atoms with Crippen LogP contribution in [0.1, 0.15) is 49.2 Å². The molecule has 0 bridgehead atoms. The number of hydrogen-bond acceptors (Lipinski definition) is 6. The van der Waals surface area contributed by atoms with Gasteiger partial charge in [-0.15, -0.1) is 0 Å². The van der Waals surface area contributed by atoms with Gasteiger partial charge in [0.25, 0.3) is 0 Å². The van der Waals surface area contributed by atoms with E-state index in [2.05, 4.69) is 36.6 Å². The number of esters is 1. The second-order valence-corrected chi connectivity index (χ2v) is 9.05. The van der Waals surface area contributed by atoms with Gasteiger partial charge in [-0.3, -0.25) is 4.79 Å². The Morgan fingerprint density at radius 2 is 2.09 bits per heavy atom. The molecule has 2 atom stereocenters. The van der Waals surface area contributed by atoms with Crippen molar-refractivity contribution in [3.63, 3.8) is 0 Å². The fourth-order valence-electron chi connectivity index (χ4n) is 4.40. The van der Waals surface area contributed by atoms with Crippen molar-refractivity contribution in [3.8, 4) is 0 Å². The Hall–Kier alpha value is -3.39. The molecule has 2 aromatic heterocycles. The molecule has 1 aromatic carbocycles. The SMILES string of the molecule is CC[C@@H](C)Nc1cnc2c(c1)c(NC(=O)[C@@H]1CCOC1)c(C(=O)OC)n2CCCc1ccccc1. The van der Waals surface area contributed by atoms with E-state index in [1.165, 1.54) is 12.7 Å². The van der Waals surface area contributed by atoms with Gasteiger partial charge in [0.15, 0.2) is 5.69 Å². The van der Waals surface area contributed by atoms with Gasteiger partial charge in [-0.2, -0.15) is 0 Å². The molecule has 3 heterocycles. The molecular weight excluding hydrogens is 444 g/mol. The number of hydrogen-bond donors (Lipinski definition) is 2. The van der Waals surface area contributed by atoms with E-state index in [1.54, 1.807) is 6.20 Å². The van der Waals surface area contributed by atoms with Crippen LogP contribution in [0.3, 0.4) is 0 Å². The number of carbonyl (C=O) groups excluding carboxylic acids is 2. The van der Waals surface area contributed by atoms with E-state index in [-0.39, 0.29) is 17.9 Å². The van der Waals surface area contributed by atoms with Crippen LogP contribution in [0.4, 0.5) is 11.4 Å². The van der Waals surface area contributed by atoms with Crippen LogP contribution in [0.5, 0.6) is 0 Å². The van der Waals surface area contributed by atoms with E-state index in [9.17, 15) is 9.59 Å². The van der Waals surface area contributed by atoms with Crippen LogP contribution >= 0.6 is 0 Å². The highest BCUT2D eigenvalue weighted by Crippen LogP contribution is 2.34. The van der Waals surface area contributed by atoms with Crippen LogP contribution in [-0.4, -0.2) is 47.8 Å². The molecule has 35 heavy (non-hydrogen) atoms. The van der Waals surface area contributed by atoms with E-state index in [1.807, 2.05) is 28.8 Å². The third kappa shape index (κ3) is 5.65. The Labute approximate surface area is 206 Å². The quantitative estimate of drug-likeness (QED) is 0.412. The highest BCUT2D eigenvalue weighted by atomic mass is 16.5. The second kappa shape index (κ2) is 11.4. The number of rotatable bonds is 10. The van der Waals surface area contributed by atoms with Crippen LogP contribution < -0.4 is 10.6 Å². The molecule has 1 aliphatic heterocycles. The smallest absolute Gasteiger partial charge is 0.356 e. The van der Waals surface area contributed by atoms with Crippen LogP contribution in [0.15, 0.2) is 42.6 Å². The summed E-state index contributed by atoms with van der Waals surface area (Å²) in [5.41, 5.74) is 3.47. The molecule has 0 unspecified atom stereocenters. The van der Waals surface area contributed by atoms with E-state index >= 15 is 0 Å². The van der Waals surface area contributed by atoms with Crippen LogP contribution in [0, 0.1) is 5.92 Å². The number of fused-ring (bicyclic) bond motifs is 1. The van der Waals surface area contributed by atoms with Gasteiger partial charge in [0.05, 0.1) is 37.2 Å². The van der Waals surface area contributed by atoms with E-state index in [0.29, 0.717) is 48.6 Å². The zero-order valence-electron chi connectivity index (χ0n) is 20.7. The minimum atomic E-state index is -0.503.